The lowest BCUT2D eigenvalue weighted by Crippen LogP contribution is -2.01. The molecular formula is C14H14N4O. The first-order valence-corrected chi connectivity index (χ1v) is 6.03. The molecular weight excluding hydrogens is 240 g/mol. The van der Waals surface area contributed by atoms with Gasteiger partial charge in [-0.2, -0.15) is 5.10 Å². The smallest absolute Gasteiger partial charge is 0.203 e. The van der Waals surface area contributed by atoms with Crippen LogP contribution in [0.3, 0.4) is 0 Å². The molecule has 0 spiro atoms. The molecule has 0 atom stereocenters. The Balaban J connectivity index is 2.32. The Morgan fingerprint density at radius 2 is 1.95 bits per heavy atom. The molecule has 0 aliphatic rings. The fourth-order valence-corrected chi connectivity index (χ4v) is 2.29. The maximum absolute atomic E-state index is 5.38. The van der Waals surface area contributed by atoms with E-state index in [2.05, 4.69) is 15.3 Å². The van der Waals surface area contributed by atoms with Gasteiger partial charge in [0.05, 0.1) is 19.0 Å². The standard InChI is InChI=1S/C14H14N4O/c1-9-8-15-16-14-13(9)10(2)18(17-14)11-6-4-5-7-12(11)19-3/h4-8H,1-3H3. The van der Waals surface area contributed by atoms with Gasteiger partial charge in [-0.3, -0.25) is 0 Å². The van der Waals surface area contributed by atoms with Crippen molar-refractivity contribution < 1.29 is 4.74 Å². The number of ether oxygens (including phenoxy) is 1. The molecule has 3 rings (SSSR count). The van der Waals surface area contributed by atoms with Crippen molar-refractivity contribution >= 4 is 11.0 Å². The zero-order valence-electron chi connectivity index (χ0n) is 11.1. The molecule has 0 amide bonds. The summed E-state index contributed by atoms with van der Waals surface area (Å²) >= 11 is 0. The van der Waals surface area contributed by atoms with E-state index in [1.54, 1.807) is 13.3 Å². The van der Waals surface area contributed by atoms with Gasteiger partial charge in [0, 0.05) is 5.39 Å². The fourth-order valence-electron chi connectivity index (χ4n) is 2.29. The largest absolute Gasteiger partial charge is 0.494 e. The number of aryl methyl sites for hydroxylation is 2. The highest BCUT2D eigenvalue weighted by molar-refractivity contribution is 5.81. The van der Waals surface area contributed by atoms with Gasteiger partial charge in [0.15, 0.2) is 0 Å². The first-order valence-electron chi connectivity index (χ1n) is 6.03. The minimum Gasteiger partial charge on any atom is -0.494 e. The summed E-state index contributed by atoms with van der Waals surface area (Å²) in [5.41, 5.74) is 3.67. The normalized spacial score (nSPS) is 10.9. The van der Waals surface area contributed by atoms with Crippen molar-refractivity contribution in [1.29, 1.82) is 0 Å². The van der Waals surface area contributed by atoms with E-state index in [4.69, 9.17) is 4.74 Å². The monoisotopic (exact) mass is 254 g/mol. The number of fused-ring (bicyclic) bond motifs is 1. The molecule has 2 aromatic heterocycles. The molecule has 3 aromatic rings. The molecule has 0 unspecified atom stereocenters. The number of aromatic nitrogens is 4. The van der Waals surface area contributed by atoms with Gasteiger partial charge in [0.25, 0.3) is 0 Å². The number of benzene rings is 1. The Morgan fingerprint density at radius 1 is 1.16 bits per heavy atom. The van der Waals surface area contributed by atoms with Crippen LogP contribution in [0.25, 0.3) is 16.7 Å². The Bertz CT molecular complexity index is 748. The molecule has 2 heterocycles. The second-order valence-corrected chi connectivity index (χ2v) is 4.40. The van der Waals surface area contributed by atoms with Gasteiger partial charge in [-0.25, -0.2) is 4.68 Å². The zero-order valence-corrected chi connectivity index (χ0v) is 11.1. The maximum Gasteiger partial charge on any atom is 0.203 e. The Kier molecular flexibility index (Phi) is 2.67. The molecule has 0 bridgehead atoms. The molecule has 0 aliphatic carbocycles. The molecule has 0 saturated heterocycles. The van der Waals surface area contributed by atoms with E-state index >= 15 is 0 Å². The first kappa shape index (κ1) is 11.6. The summed E-state index contributed by atoms with van der Waals surface area (Å²) in [7, 11) is 1.66. The van der Waals surface area contributed by atoms with Crippen LogP contribution in [-0.4, -0.2) is 27.1 Å². The van der Waals surface area contributed by atoms with Gasteiger partial charge in [-0.05, 0) is 31.5 Å². The summed E-state index contributed by atoms with van der Waals surface area (Å²) in [6.45, 7) is 4.04. The molecule has 19 heavy (non-hydrogen) atoms. The van der Waals surface area contributed by atoms with E-state index in [-0.39, 0.29) is 0 Å². The molecule has 1 aromatic carbocycles. The van der Waals surface area contributed by atoms with E-state index in [0.29, 0.717) is 5.65 Å². The third kappa shape index (κ3) is 1.74. The van der Waals surface area contributed by atoms with Gasteiger partial charge in [0.1, 0.15) is 11.4 Å². The van der Waals surface area contributed by atoms with Crippen LogP contribution in [0.1, 0.15) is 11.3 Å². The number of hydrogen-bond acceptors (Lipinski definition) is 4. The lowest BCUT2D eigenvalue weighted by Gasteiger charge is -2.09. The number of para-hydroxylation sites is 2. The van der Waals surface area contributed by atoms with Crippen molar-refractivity contribution in [3.05, 3.63) is 41.7 Å². The molecule has 0 aliphatic heterocycles. The fraction of sp³-hybridized carbons (Fsp3) is 0.214. The van der Waals surface area contributed by atoms with Crippen LogP contribution in [0.2, 0.25) is 0 Å². The molecule has 0 radical (unpaired) electrons. The van der Waals surface area contributed by atoms with Crippen molar-refractivity contribution in [1.82, 2.24) is 20.0 Å². The summed E-state index contributed by atoms with van der Waals surface area (Å²) in [6.07, 6.45) is 1.75. The van der Waals surface area contributed by atoms with E-state index in [1.807, 2.05) is 42.8 Å². The third-order valence-electron chi connectivity index (χ3n) is 3.21. The quantitative estimate of drug-likeness (QED) is 0.705. The van der Waals surface area contributed by atoms with Crippen molar-refractivity contribution in [3.63, 3.8) is 0 Å². The molecule has 96 valence electrons. The molecule has 5 heteroatoms. The second-order valence-electron chi connectivity index (χ2n) is 4.40. The lowest BCUT2D eigenvalue weighted by atomic mass is 10.2. The highest BCUT2D eigenvalue weighted by atomic mass is 16.5. The van der Waals surface area contributed by atoms with Gasteiger partial charge in [-0.15, -0.1) is 10.2 Å². The van der Waals surface area contributed by atoms with Crippen molar-refractivity contribution in [2.24, 2.45) is 0 Å². The van der Waals surface area contributed by atoms with Crippen LogP contribution >= 0.6 is 0 Å². The summed E-state index contributed by atoms with van der Waals surface area (Å²) in [5.74, 6) is 0.781. The van der Waals surface area contributed by atoms with Crippen molar-refractivity contribution in [3.8, 4) is 11.4 Å². The number of nitrogens with zero attached hydrogens (tertiary/aromatic N) is 4. The van der Waals surface area contributed by atoms with Crippen molar-refractivity contribution in [2.75, 3.05) is 7.11 Å². The average molecular weight is 254 g/mol. The number of rotatable bonds is 2. The topological polar surface area (TPSA) is 52.8 Å². The van der Waals surface area contributed by atoms with Crippen LogP contribution in [-0.2, 0) is 0 Å². The van der Waals surface area contributed by atoms with Crippen LogP contribution < -0.4 is 4.74 Å². The minimum absolute atomic E-state index is 0.656. The van der Waals surface area contributed by atoms with E-state index < -0.39 is 0 Å². The van der Waals surface area contributed by atoms with Crippen LogP contribution in [0.4, 0.5) is 0 Å². The van der Waals surface area contributed by atoms with E-state index in [1.165, 1.54) is 0 Å². The zero-order chi connectivity index (χ0) is 13.4. The molecule has 0 fully saturated rings. The second kappa shape index (κ2) is 4.35. The van der Waals surface area contributed by atoms with Gasteiger partial charge in [-0.1, -0.05) is 12.1 Å². The summed E-state index contributed by atoms with van der Waals surface area (Å²) < 4.78 is 7.24. The average Bonchev–Trinajstić information content (AvgIpc) is 2.77. The van der Waals surface area contributed by atoms with Gasteiger partial charge >= 0.3 is 0 Å². The molecule has 0 saturated carbocycles. The van der Waals surface area contributed by atoms with E-state index in [9.17, 15) is 0 Å². The minimum atomic E-state index is 0.656. The number of hydrogen-bond donors (Lipinski definition) is 0. The summed E-state index contributed by atoms with van der Waals surface area (Å²) in [5, 5.41) is 13.6. The summed E-state index contributed by atoms with van der Waals surface area (Å²) in [4.78, 5) is 0. The number of methoxy groups -OCH3 is 1. The Hall–Kier alpha value is -2.43. The molecule has 5 nitrogen and oxygen atoms in total. The van der Waals surface area contributed by atoms with Gasteiger partial charge < -0.3 is 4.74 Å². The highest BCUT2D eigenvalue weighted by Crippen LogP contribution is 2.27. The predicted molar refractivity (Wildman–Crippen MR) is 72.7 cm³/mol. The predicted octanol–water partition coefficient (Wildman–Crippen LogP) is 2.44. The maximum atomic E-state index is 5.38. The Morgan fingerprint density at radius 3 is 2.68 bits per heavy atom. The molecule has 0 N–H and O–H groups in total. The highest BCUT2D eigenvalue weighted by Gasteiger charge is 2.14. The SMILES string of the molecule is COc1ccccc1-n1nc2nncc(C)c2c1C. The summed E-state index contributed by atoms with van der Waals surface area (Å²) in [6, 6.07) is 7.79. The van der Waals surface area contributed by atoms with Crippen LogP contribution in [0.5, 0.6) is 5.75 Å². The van der Waals surface area contributed by atoms with Gasteiger partial charge in [0.2, 0.25) is 5.65 Å². The first-order chi connectivity index (χ1) is 9.22. The van der Waals surface area contributed by atoms with Crippen LogP contribution in [0.15, 0.2) is 30.5 Å². The van der Waals surface area contributed by atoms with Crippen molar-refractivity contribution in [2.45, 2.75) is 13.8 Å². The van der Waals surface area contributed by atoms with Crippen LogP contribution in [0, 0.1) is 13.8 Å². The Labute approximate surface area is 110 Å². The lowest BCUT2D eigenvalue weighted by molar-refractivity contribution is 0.411. The third-order valence-corrected chi connectivity index (χ3v) is 3.21. The van der Waals surface area contributed by atoms with E-state index in [0.717, 1.165) is 28.1 Å².